The van der Waals surface area contributed by atoms with Gasteiger partial charge in [0.1, 0.15) is 26.9 Å². The van der Waals surface area contributed by atoms with Crippen molar-refractivity contribution >= 4 is 43.1 Å². The molecule has 1 unspecified atom stereocenters. The number of thiophene rings is 1. The van der Waals surface area contributed by atoms with E-state index >= 15 is 0 Å². The summed E-state index contributed by atoms with van der Waals surface area (Å²) in [6, 6.07) is 0.0572. The van der Waals surface area contributed by atoms with Crippen LogP contribution in [-0.2, 0) is 0 Å². The third-order valence-corrected chi connectivity index (χ3v) is 5.81. The molecule has 0 aliphatic heterocycles. The van der Waals surface area contributed by atoms with E-state index in [9.17, 15) is 14.9 Å². The second-order valence-electron chi connectivity index (χ2n) is 6.91. The fraction of sp³-hybridized carbons (Fsp3) is 0.500. The SMILES string of the molecule is CCCCCC(C)n1cnc2c(sc3ncc([N+](=O)[O-])c(N(C)C)c32)c1=O. The van der Waals surface area contributed by atoms with Gasteiger partial charge in [-0.1, -0.05) is 26.2 Å². The van der Waals surface area contributed by atoms with Crippen molar-refractivity contribution in [3.8, 4) is 0 Å². The molecule has 0 aliphatic rings. The molecule has 9 heteroatoms. The van der Waals surface area contributed by atoms with Crippen molar-refractivity contribution in [2.75, 3.05) is 19.0 Å². The van der Waals surface area contributed by atoms with Gasteiger partial charge in [0.2, 0.25) is 0 Å². The Hall–Kier alpha value is -2.55. The van der Waals surface area contributed by atoms with Crippen molar-refractivity contribution < 1.29 is 4.92 Å². The van der Waals surface area contributed by atoms with Crippen LogP contribution in [0.1, 0.15) is 45.6 Å². The van der Waals surface area contributed by atoms with Crippen LogP contribution in [-0.4, -0.2) is 33.6 Å². The summed E-state index contributed by atoms with van der Waals surface area (Å²) in [5, 5.41) is 12.0. The largest absolute Gasteiger partial charge is 0.371 e. The van der Waals surface area contributed by atoms with E-state index in [4.69, 9.17) is 0 Å². The third kappa shape index (κ3) is 3.39. The number of fused-ring (bicyclic) bond motifs is 3. The number of hydrogen-bond donors (Lipinski definition) is 0. The van der Waals surface area contributed by atoms with Gasteiger partial charge in [-0.15, -0.1) is 11.3 Å². The predicted octanol–water partition coefficient (Wildman–Crippen LogP) is 4.12. The first-order valence-corrected chi connectivity index (χ1v) is 9.82. The molecule has 0 N–H and O–H groups in total. The van der Waals surface area contributed by atoms with Gasteiger partial charge in [-0.3, -0.25) is 19.5 Å². The number of nitro groups is 1. The maximum atomic E-state index is 13.0. The molecule has 27 heavy (non-hydrogen) atoms. The lowest BCUT2D eigenvalue weighted by Crippen LogP contribution is -2.23. The van der Waals surface area contributed by atoms with E-state index in [-0.39, 0.29) is 17.3 Å². The second-order valence-corrected chi connectivity index (χ2v) is 7.90. The summed E-state index contributed by atoms with van der Waals surface area (Å²) in [5.41, 5.74) is 0.708. The van der Waals surface area contributed by atoms with E-state index in [1.165, 1.54) is 17.5 Å². The highest BCUT2D eigenvalue weighted by atomic mass is 32.1. The first-order valence-electron chi connectivity index (χ1n) is 9.00. The van der Waals surface area contributed by atoms with Crippen molar-refractivity contribution in [1.29, 1.82) is 0 Å². The summed E-state index contributed by atoms with van der Waals surface area (Å²) in [4.78, 5) is 35.0. The van der Waals surface area contributed by atoms with Crippen LogP contribution in [0.25, 0.3) is 20.4 Å². The fourth-order valence-corrected chi connectivity index (χ4v) is 4.35. The lowest BCUT2D eigenvalue weighted by Gasteiger charge is -2.15. The molecule has 3 aromatic rings. The zero-order valence-electron chi connectivity index (χ0n) is 15.9. The molecule has 144 valence electrons. The Morgan fingerprint density at radius 1 is 1.33 bits per heavy atom. The summed E-state index contributed by atoms with van der Waals surface area (Å²) >= 11 is 1.24. The van der Waals surface area contributed by atoms with Gasteiger partial charge in [-0.25, -0.2) is 9.97 Å². The standard InChI is InChI=1S/C18H23N5O3S/c1-5-6-7-8-11(2)22-10-20-14-13-15(21(3)4)12(23(25)26)9-19-17(13)27-16(14)18(22)24/h9-11H,5-8H2,1-4H3. The lowest BCUT2D eigenvalue weighted by molar-refractivity contribution is -0.384. The van der Waals surface area contributed by atoms with Gasteiger partial charge in [-0.2, -0.15) is 0 Å². The second kappa shape index (κ2) is 7.59. The molecule has 8 nitrogen and oxygen atoms in total. The van der Waals surface area contributed by atoms with Gasteiger partial charge >= 0.3 is 5.69 Å². The molecule has 0 spiro atoms. The van der Waals surface area contributed by atoms with E-state index in [0.29, 0.717) is 26.1 Å². The Morgan fingerprint density at radius 2 is 2.07 bits per heavy atom. The number of rotatable bonds is 7. The highest BCUT2D eigenvalue weighted by Crippen LogP contribution is 2.40. The summed E-state index contributed by atoms with van der Waals surface area (Å²) in [5.74, 6) is 0. The fourth-order valence-electron chi connectivity index (χ4n) is 3.31. The van der Waals surface area contributed by atoms with Crippen LogP contribution in [0.4, 0.5) is 11.4 Å². The van der Waals surface area contributed by atoms with Gasteiger partial charge in [0.05, 0.1) is 16.6 Å². The number of nitrogens with zero attached hydrogens (tertiary/aromatic N) is 5. The maximum Gasteiger partial charge on any atom is 0.311 e. The number of aromatic nitrogens is 3. The first-order chi connectivity index (χ1) is 12.9. The number of anilines is 1. The van der Waals surface area contributed by atoms with E-state index in [1.54, 1.807) is 29.9 Å². The van der Waals surface area contributed by atoms with Gasteiger partial charge in [-0.05, 0) is 13.3 Å². The number of pyridine rings is 1. The topological polar surface area (TPSA) is 94.2 Å². The van der Waals surface area contributed by atoms with Crippen LogP contribution in [0.15, 0.2) is 17.3 Å². The minimum absolute atomic E-state index is 0.0572. The molecule has 0 bridgehead atoms. The molecule has 3 rings (SSSR count). The van der Waals surface area contributed by atoms with E-state index in [0.717, 1.165) is 25.7 Å². The van der Waals surface area contributed by atoms with Crippen LogP contribution in [0.5, 0.6) is 0 Å². The summed E-state index contributed by atoms with van der Waals surface area (Å²) in [6.07, 6.45) is 7.06. The minimum Gasteiger partial charge on any atom is -0.371 e. The third-order valence-electron chi connectivity index (χ3n) is 4.73. The molecule has 0 fully saturated rings. The molecule has 1 atom stereocenters. The number of unbranched alkanes of at least 4 members (excludes halogenated alkanes) is 2. The van der Waals surface area contributed by atoms with Crippen LogP contribution in [0.3, 0.4) is 0 Å². The Balaban J connectivity index is 2.21. The van der Waals surface area contributed by atoms with Gasteiger partial charge in [0.15, 0.2) is 0 Å². The van der Waals surface area contributed by atoms with Crippen LogP contribution < -0.4 is 10.5 Å². The van der Waals surface area contributed by atoms with Crippen LogP contribution in [0.2, 0.25) is 0 Å². The number of hydrogen-bond acceptors (Lipinski definition) is 7. The zero-order chi connectivity index (χ0) is 19.7. The molecule has 3 aromatic heterocycles. The van der Waals surface area contributed by atoms with Crippen molar-refractivity contribution in [2.24, 2.45) is 0 Å². The average Bonchev–Trinajstić information content (AvgIpc) is 3.00. The summed E-state index contributed by atoms with van der Waals surface area (Å²) in [7, 11) is 3.48. The first kappa shape index (κ1) is 19.2. The average molecular weight is 389 g/mol. The quantitative estimate of drug-likeness (QED) is 0.343. The Kier molecular flexibility index (Phi) is 5.41. The van der Waals surface area contributed by atoms with Crippen LogP contribution in [0, 0.1) is 10.1 Å². The normalized spacial score (nSPS) is 12.6. The maximum absolute atomic E-state index is 13.0. The predicted molar refractivity (Wildman–Crippen MR) is 109 cm³/mol. The monoisotopic (exact) mass is 389 g/mol. The molecule has 0 aromatic carbocycles. The lowest BCUT2D eigenvalue weighted by atomic mass is 10.1. The zero-order valence-corrected chi connectivity index (χ0v) is 16.7. The smallest absolute Gasteiger partial charge is 0.311 e. The van der Waals surface area contributed by atoms with Crippen molar-refractivity contribution in [1.82, 2.24) is 14.5 Å². The summed E-state index contributed by atoms with van der Waals surface area (Å²) < 4.78 is 2.16. The molecule has 3 heterocycles. The van der Waals surface area contributed by atoms with Gasteiger partial charge < -0.3 is 4.90 Å². The molecule has 0 saturated heterocycles. The molecule has 0 radical (unpaired) electrons. The molecule has 0 aliphatic carbocycles. The van der Waals surface area contributed by atoms with Crippen molar-refractivity contribution in [3.05, 3.63) is 33.0 Å². The molecular weight excluding hydrogens is 366 g/mol. The summed E-state index contributed by atoms with van der Waals surface area (Å²) in [6.45, 7) is 4.17. The van der Waals surface area contributed by atoms with Crippen molar-refractivity contribution in [3.63, 3.8) is 0 Å². The highest BCUT2D eigenvalue weighted by Gasteiger charge is 2.25. The van der Waals surface area contributed by atoms with E-state index in [2.05, 4.69) is 16.9 Å². The van der Waals surface area contributed by atoms with Crippen LogP contribution >= 0.6 is 11.3 Å². The van der Waals surface area contributed by atoms with Gasteiger partial charge in [0.25, 0.3) is 5.56 Å². The van der Waals surface area contributed by atoms with Crippen molar-refractivity contribution in [2.45, 2.75) is 45.6 Å². The Bertz CT molecular complexity index is 1060. The van der Waals surface area contributed by atoms with E-state index in [1.807, 2.05) is 6.92 Å². The molecular formula is C18H23N5O3S. The molecule has 0 saturated carbocycles. The van der Waals surface area contributed by atoms with E-state index < -0.39 is 4.92 Å². The molecule has 0 amide bonds. The highest BCUT2D eigenvalue weighted by molar-refractivity contribution is 7.25. The Morgan fingerprint density at radius 3 is 2.70 bits per heavy atom. The van der Waals surface area contributed by atoms with Gasteiger partial charge in [0, 0.05) is 20.1 Å². The minimum atomic E-state index is -0.456. The Labute approximate surface area is 160 Å².